The Labute approximate surface area is 165 Å². The van der Waals surface area contributed by atoms with Gasteiger partial charge in [0.2, 0.25) is 0 Å². The Hall–Kier alpha value is -3.62. The quantitative estimate of drug-likeness (QED) is 0.655. The highest BCUT2D eigenvalue weighted by Gasteiger charge is 2.33. The molecule has 0 radical (unpaired) electrons. The van der Waals surface area contributed by atoms with E-state index in [4.69, 9.17) is 9.47 Å². The molecule has 0 spiro atoms. The number of anilines is 2. The minimum atomic E-state index is -0.538. The van der Waals surface area contributed by atoms with Crippen molar-refractivity contribution in [1.29, 1.82) is 0 Å². The fourth-order valence-corrected chi connectivity index (χ4v) is 3.56. The van der Waals surface area contributed by atoms with Crippen LogP contribution in [0.2, 0.25) is 0 Å². The largest absolute Gasteiger partial charge is 0.471 e. The number of aromatic nitrogens is 2. The highest BCUT2D eigenvalue weighted by molar-refractivity contribution is 5.90. The molecule has 2 aliphatic heterocycles. The number of amides is 1. The fraction of sp³-hybridized carbons (Fsp3) is 0.250. The first-order valence-corrected chi connectivity index (χ1v) is 9.16. The maximum Gasteiger partial charge on any atom is 0.414 e. The van der Waals surface area contributed by atoms with E-state index in [9.17, 15) is 9.18 Å². The van der Waals surface area contributed by atoms with Crippen molar-refractivity contribution < 1.29 is 23.2 Å². The fourth-order valence-electron chi connectivity index (χ4n) is 3.56. The Morgan fingerprint density at radius 2 is 2.17 bits per heavy atom. The molecule has 0 aliphatic carbocycles. The number of carbonyl (C=O) groups is 1. The topological polar surface area (TPSA) is 80.9 Å². The first-order chi connectivity index (χ1) is 14.2. The van der Waals surface area contributed by atoms with Gasteiger partial charge in [-0.15, -0.1) is 0 Å². The molecule has 29 heavy (non-hydrogen) atoms. The standard InChI is InChI=1S/C20H17FN4O4/c21-16-8-14(3-4-18(16)24-9-13-2-1-6-22-17(13)11-24)25-10-15(29-20(25)26)12-27-19-5-7-28-23-19/h1-8,15H,9-12H2/t15-/m1/s1. The summed E-state index contributed by atoms with van der Waals surface area (Å²) in [7, 11) is 0. The number of cyclic esters (lactones) is 1. The summed E-state index contributed by atoms with van der Waals surface area (Å²) < 4.78 is 30.2. The zero-order valence-electron chi connectivity index (χ0n) is 15.3. The monoisotopic (exact) mass is 396 g/mol. The van der Waals surface area contributed by atoms with E-state index in [1.807, 2.05) is 17.0 Å². The lowest BCUT2D eigenvalue weighted by Gasteiger charge is -2.20. The zero-order chi connectivity index (χ0) is 19.8. The lowest BCUT2D eigenvalue weighted by Crippen LogP contribution is -2.27. The maximum atomic E-state index is 14.9. The molecule has 1 fully saturated rings. The lowest BCUT2D eigenvalue weighted by atomic mass is 10.2. The summed E-state index contributed by atoms with van der Waals surface area (Å²) in [5.74, 6) is -0.0820. The van der Waals surface area contributed by atoms with Crippen LogP contribution in [0.4, 0.5) is 20.6 Å². The molecule has 9 heteroatoms. The van der Waals surface area contributed by atoms with Crippen LogP contribution in [0, 0.1) is 5.82 Å². The van der Waals surface area contributed by atoms with Crippen molar-refractivity contribution in [3.8, 4) is 5.88 Å². The average Bonchev–Trinajstić information content (AvgIpc) is 3.45. The number of rotatable bonds is 5. The third kappa shape index (κ3) is 3.35. The molecule has 1 aromatic carbocycles. The second-order valence-electron chi connectivity index (χ2n) is 6.87. The molecule has 0 N–H and O–H groups in total. The van der Waals surface area contributed by atoms with E-state index in [-0.39, 0.29) is 13.2 Å². The molecule has 1 atom stereocenters. The third-order valence-electron chi connectivity index (χ3n) is 4.98. The van der Waals surface area contributed by atoms with Gasteiger partial charge in [0.15, 0.2) is 6.10 Å². The zero-order valence-corrected chi connectivity index (χ0v) is 15.3. The molecular formula is C20H17FN4O4. The van der Waals surface area contributed by atoms with Crippen molar-refractivity contribution in [1.82, 2.24) is 10.1 Å². The summed E-state index contributed by atoms with van der Waals surface area (Å²) in [6.07, 6.45) is 2.11. The van der Waals surface area contributed by atoms with Gasteiger partial charge < -0.3 is 18.9 Å². The minimum Gasteiger partial charge on any atom is -0.471 e. The van der Waals surface area contributed by atoms with E-state index in [1.165, 1.54) is 17.2 Å². The van der Waals surface area contributed by atoms with Crippen LogP contribution in [-0.2, 0) is 17.8 Å². The summed E-state index contributed by atoms with van der Waals surface area (Å²) >= 11 is 0. The molecular weight excluding hydrogens is 379 g/mol. The van der Waals surface area contributed by atoms with Gasteiger partial charge in [0.25, 0.3) is 5.88 Å². The van der Waals surface area contributed by atoms with Crippen LogP contribution in [0.5, 0.6) is 5.88 Å². The molecule has 1 saturated heterocycles. The molecule has 148 valence electrons. The molecule has 8 nitrogen and oxygen atoms in total. The van der Waals surface area contributed by atoms with Gasteiger partial charge in [-0.1, -0.05) is 6.07 Å². The van der Waals surface area contributed by atoms with Gasteiger partial charge >= 0.3 is 6.09 Å². The van der Waals surface area contributed by atoms with Gasteiger partial charge in [-0.25, -0.2) is 9.18 Å². The Morgan fingerprint density at radius 3 is 2.97 bits per heavy atom. The van der Waals surface area contributed by atoms with Crippen LogP contribution in [0.3, 0.4) is 0 Å². The van der Waals surface area contributed by atoms with E-state index in [0.717, 1.165) is 11.3 Å². The summed E-state index contributed by atoms with van der Waals surface area (Å²) in [5.41, 5.74) is 2.96. The maximum absolute atomic E-state index is 14.9. The molecule has 0 bridgehead atoms. The third-order valence-corrected chi connectivity index (χ3v) is 4.98. The lowest BCUT2D eigenvalue weighted by molar-refractivity contribution is 0.102. The average molecular weight is 396 g/mol. The van der Waals surface area contributed by atoms with Gasteiger partial charge in [0.05, 0.1) is 30.2 Å². The highest BCUT2D eigenvalue weighted by Crippen LogP contribution is 2.32. The Balaban J connectivity index is 1.27. The van der Waals surface area contributed by atoms with Crippen LogP contribution < -0.4 is 14.5 Å². The molecule has 3 aromatic rings. The smallest absolute Gasteiger partial charge is 0.414 e. The van der Waals surface area contributed by atoms with E-state index in [2.05, 4.69) is 14.7 Å². The number of hydrogen-bond donors (Lipinski definition) is 0. The first kappa shape index (κ1) is 17.5. The van der Waals surface area contributed by atoms with Gasteiger partial charge in [-0.05, 0) is 35.0 Å². The number of fused-ring (bicyclic) bond motifs is 1. The second-order valence-corrected chi connectivity index (χ2v) is 6.87. The van der Waals surface area contributed by atoms with Crippen LogP contribution in [0.25, 0.3) is 0 Å². The summed E-state index contributed by atoms with van der Waals surface area (Å²) in [6, 6.07) is 10.2. The Kier molecular flexibility index (Phi) is 4.27. The summed E-state index contributed by atoms with van der Waals surface area (Å²) in [4.78, 5) is 19.9. The highest BCUT2D eigenvalue weighted by atomic mass is 19.1. The van der Waals surface area contributed by atoms with Crippen molar-refractivity contribution in [2.45, 2.75) is 19.2 Å². The predicted molar refractivity (Wildman–Crippen MR) is 100 cm³/mol. The number of ether oxygens (including phenoxy) is 2. The molecule has 0 unspecified atom stereocenters. The summed E-state index contributed by atoms with van der Waals surface area (Å²) in [5, 5.41) is 3.64. The van der Waals surface area contributed by atoms with Gasteiger partial charge in [-0.3, -0.25) is 9.88 Å². The van der Waals surface area contributed by atoms with Crippen molar-refractivity contribution in [2.24, 2.45) is 0 Å². The Morgan fingerprint density at radius 1 is 1.24 bits per heavy atom. The van der Waals surface area contributed by atoms with E-state index in [0.29, 0.717) is 30.3 Å². The number of halogens is 1. The Bertz CT molecular complexity index is 1020. The molecule has 0 saturated carbocycles. The molecule has 2 aliphatic rings. The van der Waals surface area contributed by atoms with Crippen molar-refractivity contribution in [3.63, 3.8) is 0 Å². The molecule has 2 aromatic heterocycles. The number of carbonyl (C=O) groups excluding carboxylic acids is 1. The number of benzene rings is 1. The number of pyridine rings is 1. The minimum absolute atomic E-state index is 0.133. The number of nitrogens with zero attached hydrogens (tertiary/aromatic N) is 4. The van der Waals surface area contributed by atoms with E-state index in [1.54, 1.807) is 24.4 Å². The van der Waals surface area contributed by atoms with E-state index < -0.39 is 18.0 Å². The van der Waals surface area contributed by atoms with E-state index >= 15 is 0 Å². The van der Waals surface area contributed by atoms with Crippen LogP contribution >= 0.6 is 0 Å². The molecule has 5 rings (SSSR count). The van der Waals surface area contributed by atoms with Crippen LogP contribution in [-0.4, -0.2) is 35.5 Å². The van der Waals surface area contributed by atoms with Crippen LogP contribution in [0.1, 0.15) is 11.3 Å². The predicted octanol–water partition coefficient (Wildman–Crippen LogP) is 3.13. The van der Waals surface area contributed by atoms with Gasteiger partial charge in [0.1, 0.15) is 18.7 Å². The second kappa shape index (κ2) is 7.08. The van der Waals surface area contributed by atoms with Crippen molar-refractivity contribution in [2.75, 3.05) is 23.0 Å². The SMILES string of the molecule is O=C1O[C@@H](COc2ccon2)CN1c1ccc(N2Cc3cccnc3C2)c(F)c1. The number of hydrogen-bond acceptors (Lipinski definition) is 7. The van der Waals surface area contributed by atoms with Crippen molar-refractivity contribution in [3.05, 3.63) is 65.9 Å². The van der Waals surface area contributed by atoms with Crippen molar-refractivity contribution >= 4 is 17.5 Å². The molecule has 1 amide bonds. The first-order valence-electron chi connectivity index (χ1n) is 9.16. The van der Waals surface area contributed by atoms with Gasteiger partial charge in [-0.2, -0.15) is 0 Å². The van der Waals surface area contributed by atoms with Gasteiger partial charge in [0, 0.05) is 18.8 Å². The van der Waals surface area contributed by atoms with Crippen LogP contribution in [0.15, 0.2) is 53.4 Å². The normalized spacial score (nSPS) is 18.1. The molecule has 4 heterocycles. The summed E-state index contributed by atoms with van der Waals surface area (Å²) in [6.45, 7) is 1.55.